The summed E-state index contributed by atoms with van der Waals surface area (Å²) in [6, 6.07) is 5.32. The number of anilines is 3. The summed E-state index contributed by atoms with van der Waals surface area (Å²) < 4.78 is 12.3. The van der Waals surface area contributed by atoms with Crippen LogP contribution in [0.1, 0.15) is 36.0 Å². The number of nitrogens with zero attached hydrogens (tertiary/aromatic N) is 4. The maximum absolute atomic E-state index is 12.3. The maximum Gasteiger partial charge on any atom is 0.256 e. The van der Waals surface area contributed by atoms with Gasteiger partial charge in [-0.25, -0.2) is 0 Å². The Labute approximate surface area is 179 Å². The predicted octanol–water partition coefficient (Wildman–Crippen LogP) is 1.67. The van der Waals surface area contributed by atoms with Crippen LogP contribution in [0.3, 0.4) is 0 Å². The summed E-state index contributed by atoms with van der Waals surface area (Å²) in [6.45, 7) is 0. The molecule has 0 spiro atoms. The van der Waals surface area contributed by atoms with Gasteiger partial charge in [-0.1, -0.05) is 12.8 Å². The van der Waals surface area contributed by atoms with Crippen LogP contribution in [0.15, 0.2) is 24.5 Å². The van der Waals surface area contributed by atoms with E-state index in [1.165, 1.54) is 6.33 Å². The van der Waals surface area contributed by atoms with Crippen LogP contribution >= 0.6 is 0 Å². The molecule has 4 rings (SSSR count). The largest absolute Gasteiger partial charge is 0.497 e. The number of ether oxygens (including phenoxy) is 2. The standard InChI is InChI=1S/C20H26N8O3/c1-30-12-7-11(8-13(9-12)31-2)24-18-16(17(22)29)19-27-23-10-28(19)20(26-18)25-15-6-4-3-5-14(15)21/h7-10,14-15,24H,3-6,21H2,1-2H3,(H2,22,29)(H,25,26)/t14-,15?/m1/s1. The summed E-state index contributed by atoms with van der Waals surface area (Å²) in [5.74, 6) is 1.21. The third-order valence-electron chi connectivity index (χ3n) is 5.45. The molecule has 2 heterocycles. The minimum atomic E-state index is -0.677. The number of nitrogens with one attached hydrogen (secondary N) is 2. The summed E-state index contributed by atoms with van der Waals surface area (Å²) in [5, 5.41) is 14.6. The van der Waals surface area contributed by atoms with E-state index in [1.807, 2.05) is 0 Å². The summed E-state index contributed by atoms with van der Waals surface area (Å²) in [6.07, 6.45) is 5.56. The number of aromatic nitrogens is 4. The SMILES string of the molecule is COc1cc(Nc2nc(NC3CCCC[C@H]3N)n3cnnc3c2C(N)=O)cc(OC)c1. The van der Waals surface area contributed by atoms with Gasteiger partial charge in [-0.3, -0.25) is 9.20 Å². The number of fused-ring (bicyclic) bond motifs is 1. The highest BCUT2D eigenvalue weighted by Gasteiger charge is 2.25. The molecule has 11 heteroatoms. The fourth-order valence-corrected chi connectivity index (χ4v) is 3.82. The molecule has 0 aliphatic heterocycles. The van der Waals surface area contributed by atoms with Crippen LogP contribution in [0.2, 0.25) is 0 Å². The monoisotopic (exact) mass is 426 g/mol. The topological polar surface area (TPSA) is 155 Å². The fourth-order valence-electron chi connectivity index (χ4n) is 3.82. The van der Waals surface area contributed by atoms with Crippen LogP contribution in [0, 0.1) is 0 Å². The number of hydrogen-bond acceptors (Lipinski definition) is 9. The molecule has 1 aromatic carbocycles. The van der Waals surface area contributed by atoms with Gasteiger partial charge >= 0.3 is 0 Å². The second-order valence-electron chi connectivity index (χ2n) is 7.47. The quantitative estimate of drug-likeness (QED) is 0.441. The van der Waals surface area contributed by atoms with Crippen LogP contribution < -0.4 is 31.6 Å². The Bertz CT molecular complexity index is 1080. The van der Waals surface area contributed by atoms with E-state index in [0.717, 1.165) is 25.7 Å². The summed E-state index contributed by atoms with van der Waals surface area (Å²) >= 11 is 0. The summed E-state index contributed by atoms with van der Waals surface area (Å²) in [7, 11) is 3.12. The number of amides is 1. The average molecular weight is 426 g/mol. The summed E-state index contributed by atoms with van der Waals surface area (Å²) in [4.78, 5) is 16.9. The first-order valence-corrected chi connectivity index (χ1v) is 10.1. The number of benzene rings is 1. The maximum atomic E-state index is 12.3. The third-order valence-corrected chi connectivity index (χ3v) is 5.45. The number of carbonyl (C=O) groups excluding carboxylic acids is 1. The first kappa shape index (κ1) is 20.7. The molecule has 1 aliphatic carbocycles. The molecule has 3 aromatic rings. The zero-order chi connectivity index (χ0) is 22.0. The van der Waals surface area contributed by atoms with Gasteiger partial charge in [0.05, 0.1) is 14.2 Å². The van der Waals surface area contributed by atoms with Crippen molar-refractivity contribution in [3.63, 3.8) is 0 Å². The van der Waals surface area contributed by atoms with Crippen LogP contribution in [0.4, 0.5) is 17.5 Å². The lowest BCUT2D eigenvalue weighted by molar-refractivity contribution is 0.100. The lowest BCUT2D eigenvalue weighted by Crippen LogP contribution is -2.43. The van der Waals surface area contributed by atoms with Gasteiger partial charge in [0.15, 0.2) is 11.5 Å². The van der Waals surface area contributed by atoms with E-state index in [9.17, 15) is 4.79 Å². The van der Waals surface area contributed by atoms with Gasteiger partial charge < -0.3 is 31.6 Å². The number of hydrogen-bond donors (Lipinski definition) is 4. The second-order valence-corrected chi connectivity index (χ2v) is 7.47. The van der Waals surface area contributed by atoms with E-state index < -0.39 is 5.91 Å². The highest BCUT2D eigenvalue weighted by atomic mass is 16.5. The Balaban J connectivity index is 1.78. The van der Waals surface area contributed by atoms with Gasteiger partial charge in [0.1, 0.15) is 23.4 Å². The highest BCUT2D eigenvalue weighted by molar-refractivity contribution is 6.04. The Kier molecular flexibility index (Phi) is 5.76. The van der Waals surface area contributed by atoms with Gasteiger partial charge in [-0.05, 0) is 12.8 Å². The lowest BCUT2D eigenvalue weighted by Gasteiger charge is -2.30. The molecule has 0 bridgehead atoms. The Morgan fingerprint density at radius 1 is 1.16 bits per heavy atom. The van der Waals surface area contributed by atoms with E-state index >= 15 is 0 Å². The van der Waals surface area contributed by atoms with E-state index in [0.29, 0.717) is 28.8 Å². The molecule has 2 aromatic heterocycles. The van der Waals surface area contributed by atoms with Crippen molar-refractivity contribution >= 4 is 29.0 Å². The molecule has 164 valence electrons. The van der Waals surface area contributed by atoms with Crippen molar-refractivity contribution in [2.24, 2.45) is 11.5 Å². The minimum absolute atomic E-state index is 0.0111. The lowest BCUT2D eigenvalue weighted by atomic mass is 9.91. The van der Waals surface area contributed by atoms with Gasteiger partial charge in [0, 0.05) is 36.0 Å². The van der Waals surface area contributed by atoms with Gasteiger partial charge in [0.25, 0.3) is 5.91 Å². The van der Waals surface area contributed by atoms with Crippen LogP contribution in [-0.2, 0) is 0 Å². The molecule has 1 amide bonds. The van der Waals surface area contributed by atoms with Crippen molar-refractivity contribution in [3.05, 3.63) is 30.1 Å². The number of primary amides is 1. The average Bonchev–Trinajstić information content (AvgIpc) is 3.24. The van der Waals surface area contributed by atoms with Crippen molar-refractivity contribution in [2.75, 3.05) is 24.9 Å². The Morgan fingerprint density at radius 2 is 1.87 bits per heavy atom. The van der Waals surface area contributed by atoms with E-state index in [4.69, 9.17) is 20.9 Å². The molecule has 0 radical (unpaired) electrons. The van der Waals surface area contributed by atoms with E-state index in [1.54, 1.807) is 36.8 Å². The van der Waals surface area contributed by atoms with Crippen molar-refractivity contribution in [2.45, 2.75) is 37.8 Å². The van der Waals surface area contributed by atoms with E-state index in [-0.39, 0.29) is 23.5 Å². The number of rotatable bonds is 7. The first-order chi connectivity index (χ1) is 15.0. The number of carbonyl (C=O) groups is 1. The third kappa shape index (κ3) is 4.17. The molecule has 31 heavy (non-hydrogen) atoms. The smallest absolute Gasteiger partial charge is 0.256 e. The Hall–Kier alpha value is -3.60. The second kappa shape index (κ2) is 8.64. The van der Waals surface area contributed by atoms with Gasteiger partial charge in [0.2, 0.25) is 5.95 Å². The highest BCUT2D eigenvalue weighted by Crippen LogP contribution is 2.31. The zero-order valence-corrected chi connectivity index (χ0v) is 17.5. The summed E-state index contributed by atoms with van der Waals surface area (Å²) in [5.41, 5.74) is 13.0. The molecule has 0 saturated heterocycles. The molecular weight excluding hydrogens is 400 g/mol. The first-order valence-electron chi connectivity index (χ1n) is 10.1. The number of nitrogens with two attached hydrogens (primary N) is 2. The molecule has 11 nitrogen and oxygen atoms in total. The molecule has 1 unspecified atom stereocenters. The van der Waals surface area contributed by atoms with Crippen LogP contribution in [-0.4, -0.2) is 51.8 Å². The fraction of sp³-hybridized carbons (Fsp3) is 0.400. The van der Waals surface area contributed by atoms with Crippen molar-refractivity contribution < 1.29 is 14.3 Å². The van der Waals surface area contributed by atoms with E-state index in [2.05, 4.69) is 25.8 Å². The molecule has 1 saturated carbocycles. The molecule has 1 aliphatic rings. The molecule has 6 N–H and O–H groups in total. The molecule has 2 atom stereocenters. The van der Waals surface area contributed by atoms with Crippen LogP contribution in [0.5, 0.6) is 11.5 Å². The minimum Gasteiger partial charge on any atom is -0.497 e. The van der Waals surface area contributed by atoms with Crippen molar-refractivity contribution in [1.29, 1.82) is 0 Å². The van der Waals surface area contributed by atoms with Gasteiger partial charge in [-0.2, -0.15) is 4.98 Å². The molecule has 1 fully saturated rings. The van der Waals surface area contributed by atoms with Crippen molar-refractivity contribution in [1.82, 2.24) is 19.6 Å². The van der Waals surface area contributed by atoms with Crippen LogP contribution in [0.25, 0.3) is 5.65 Å². The normalized spacial score (nSPS) is 18.5. The predicted molar refractivity (Wildman–Crippen MR) is 116 cm³/mol. The van der Waals surface area contributed by atoms with Crippen molar-refractivity contribution in [3.8, 4) is 11.5 Å². The van der Waals surface area contributed by atoms with Gasteiger partial charge in [-0.15, -0.1) is 10.2 Å². The molecular formula is C20H26N8O3. The number of methoxy groups -OCH3 is 2. The Morgan fingerprint density at radius 3 is 2.52 bits per heavy atom. The zero-order valence-electron chi connectivity index (χ0n) is 17.5.